The average molecular weight is 433 g/mol. The van der Waals surface area contributed by atoms with Crippen molar-refractivity contribution in [1.29, 1.82) is 0 Å². The molecule has 0 aliphatic carbocycles. The van der Waals surface area contributed by atoms with Crippen LogP contribution in [-0.4, -0.2) is 35.0 Å². The van der Waals surface area contributed by atoms with Crippen LogP contribution in [0.1, 0.15) is 15.9 Å². The molecule has 0 saturated carbocycles. The van der Waals surface area contributed by atoms with Crippen LogP contribution in [0.5, 0.6) is 0 Å². The van der Waals surface area contributed by atoms with Gasteiger partial charge in [0.25, 0.3) is 5.91 Å². The molecule has 0 saturated heterocycles. The molecule has 1 amide bonds. The van der Waals surface area contributed by atoms with Gasteiger partial charge in [0.05, 0.1) is 5.56 Å². The Kier molecular flexibility index (Phi) is 6.18. The Bertz CT molecular complexity index is 1120. The van der Waals surface area contributed by atoms with Crippen LogP contribution in [0.3, 0.4) is 0 Å². The van der Waals surface area contributed by atoms with Gasteiger partial charge in [0.1, 0.15) is 5.82 Å². The number of anilines is 1. The number of hydrogen-bond donors (Lipinski definition) is 1. The van der Waals surface area contributed by atoms with Crippen LogP contribution in [0.15, 0.2) is 89.6 Å². The first-order valence-corrected chi connectivity index (χ1v) is 10.2. The standard InChI is InChI=1S/C23H19N3O4S/c1-26-20(22(27)25-19-13-7-8-14-24-19)21(17-11-5-6-12-18(17)31-26)29-15-30-23(28)16-9-3-2-4-10-16/h2-14H,15H2,1H3,(H,24,25,27). The largest absolute Gasteiger partial charge is 0.454 e. The third-order valence-corrected chi connectivity index (χ3v) is 5.43. The van der Waals surface area contributed by atoms with E-state index in [1.54, 1.807) is 60.0 Å². The van der Waals surface area contributed by atoms with Gasteiger partial charge in [-0.2, -0.15) is 0 Å². The minimum Gasteiger partial charge on any atom is -0.454 e. The number of ether oxygens (including phenoxy) is 2. The molecule has 2 aromatic carbocycles. The Morgan fingerprint density at radius 1 is 1.00 bits per heavy atom. The SMILES string of the molecule is CN1Sc2ccccc2C(OCOC(=O)c2ccccc2)=C1C(=O)Nc1ccccn1. The normalized spacial score (nSPS) is 12.7. The summed E-state index contributed by atoms with van der Waals surface area (Å²) in [6.07, 6.45) is 1.60. The summed E-state index contributed by atoms with van der Waals surface area (Å²) in [5.74, 6) is -0.140. The lowest BCUT2D eigenvalue weighted by atomic mass is 10.1. The van der Waals surface area contributed by atoms with E-state index in [2.05, 4.69) is 10.3 Å². The number of carbonyl (C=O) groups excluding carboxylic acids is 2. The minimum atomic E-state index is -0.507. The van der Waals surface area contributed by atoms with Gasteiger partial charge in [-0.3, -0.25) is 4.79 Å². The lowest BCUT2D eigenvalue weighted by Gasteiger charge is -2.29. The average Bonchev–Trinajstić information content (AvgIpc) is 2.80. The Labute approximate surface area is 183 Å². The van der Waals surface area contributed by atoms with E-state index in [4.69, 9.17) is 9.47 Å². The van der Waals surface area contributed by atoms with E-state index in [-0.39, 0.29) is 12.7 Å². The molecule has 1 aromatic heterocycles. The van der Waals surface area contributed by atoms with E-state index >= 15 is 0 Å². The zero-order chi connectivity index (χ0) is 21.6. The number of aromatic nitrogens is 1. The monoisotopic (exact) mass is 433 g/mol. The highest BCUT2D eigenvalue weighted by molar-refractivity contribution is 7.97. The molecule has 4 rings (SSSR count). The highest BCUT2D eigenvalue weighted by Crippen LogP contribution is 2.40. The van der Waals surface area contributed by atoms with Gasteiger partial charge >= 0.3 is 5.97 Å². The first-order chi connectivity index (χ1) is 15.1. The van der Waals surface area contributed by atoms with Crippen molar-refractivity contribution in [1.82, 2.24) is 9.29 Å². The second-order valence-corrected chi connectivity index (χ2v) is 7.66. The van der Waals surface area contributed by atoms with Crippen molar-refractivity contribution in [2.24, 2.45) is 0 Å². The van der Waals surface area contributed by atoms with Crippen LogP contribution >= 0.6 is 11.9 Å². The molecule has 8 heteroatoms. The number of pyridine rings is 1. The fourth-order valence-electron chi connectivity index (χ4n) is 3.00. The molecular formula is C23H19N3O4S. The molecule has 0 radical (unpaired) electrons. The van der Waals surface area contributed by atoms with E-state index in [0.29, 0.717) is 22.8 Å². The number of nitrogens with zero attached hydrogens (tertiary/aromatic N) is 2. The maximum atomic E-state index is 13.1. The third kappa shape index (κ3) is 4.70. The predicted octanol–water partition coefficient (Wildman–Crippen LogP) is 4.17. The van der Waals surface area contributed by atoms with Gasteiger partial charge in [-0.15, -0.1) is 0 Å². The van der Waals surface area contributed by atoms with Gasteiger partial charge in [-0.1, -0.05) is 36.4 Å². The van der Waals surface area contributed by atoms with Gasteiger partial charge in [0.15, 0.2) is 11.5 Å². The van der Waals surface area contributed by atoms with Crippen LogP contribution in [0.25, 0.3) is 5.76 Å². The van der Waals surface area contributed by atoms with E-state index < -0.39 is 5.97 Å². The number of rotatable bonds is 6. The molecule has 156 valence electrons. The summed E-state index contributed by atoms with van der Waals surface area (Å²) in [5.41, 5.74) is 1.46. The van der Waals surface area contributed by atoms with Gasteiger partial charge in [-0.05, 0) is 48.3 Å². The maximum absolute atomic E-state index is 13.1. The van der Waals surface area contributed by atoms with Crippen molar-refractivity contribution in [2.75, 3.05) is 19.2 Å². The molecule has 31 heavy (non-hydrogen) atoms. The second-order valence-electron chi connectivity index (χ2n) is 6.49. The number of fused-ring (bicyclic) bond motifs is 1. The highest BCUT2D eigenvalue weighted by Gasteiger charge is 2.30. The van der Waals surface area contributed by atoms with Gasteiger partial charge in [0.2, 0.25) is 6.79 Å². The van der Waals surface area contributed by atoms with Crippen LogP contribution in [0.4, 0.5) is 5.82 Å². The Morgan fingerprint density at radius 2 is 1.74 bits per heavy atom. The number of esters is 1. The smallest absolute Gasteiger partial charge is 0.340 e. The molecule has 0 fully saturated rings. The fourth-order valence-corrected chi connectivity index (χ4v) is 3.95. The van der Waals surface area contributed by atoms with Crippen LogP contribution in [0.2, 0.25) is 0 Å². The molecule has 1 N–H and O–H groups in total. The second kappa shape index (κ2) is 9.36. The summed E-state index contributed by atoms with van der Waals surface area (Å²) in [6.45, 7) is -0.337. The maximum Gasteiger partial charge on any atom is 0.340 e. The van der Waals surface area contributed by atoms with Crippen molar-refractivity contribution in [2.45, 2.75) is 4.90 Å². The first kappa shape index (κ1) is 20.5. The molecule has 1 aliphatic heterocycles. The molecule has 0 unspecified atom stereocenters. The van der Waals surface area contributed by atoms with E-state index in [1.165, 1.54) is 11.9 Å². The van der Waals surface area contributed by atoms with E-state index in [9.17, 15) is 9.59 Å². The van der Waals surface area contributed by atoms with Gasteiger partial charge in [0, 0.05) is 23.7 Å². The van der Waals surface area contributed by atoms with Gasteiger partial charge < -0.3 is 19.1 Å². The van der Waals surface area contributed by atoms with Crippen molar-refractivity contribution in [3.05, 3.63) is 95.8 Å². The lowest BCUT2D eigenvalue weighted by molar-refractivity contribution is -0.113. The molecule has 1 aliphatic rings. The Balaban J connectivity index is 1.59. The number of nitrogens with one attached hydrogen (secondary N) is 1. The number of carbonyl (C=O) groups is 2. The van der Waals surface area contributed by atoms with Crippen molar-refractivity contribution in [3.8, 4) is 0 Å². The number of amides is 1. The first-order valence-electron chi connectivity index (χ1n) is 9.46. The number of likely N-dealkylation sites (N-methyl/N-ethyl adjacent to an activating group) is 1. The van der Waals surface area contributed by atoms with Crippen LogP contribution in [-0.2, 0) is 14.3 Å². The summed E-state index contributed by atoms with van der Waals surface area (Å²) >= 11 is 1.41. The third-order valence-electron chi connectivity index (χ3n) is 4.42. The van der Waals surface area contributed by atoms with E-state index in [0.717, 1.165) is 10.5 Å². The fraction of sp³-hybridized carbons (Fsp3) is 0.0870. The van der Waals surface area contributed by atoms with E-state index in [1.807, 2.05) is 30.3 Å². The summed E-state index contributed by atoms with van der Waals surface area (Å²) in [5, 5.41) is 2.78. The molecule has 0 bridgehead atoms. The highest BCUT2D eigenvalue weighted by atomic mass is 32.2. The quantitative estimate of drug-likeness (QED) is 0.355. The van der Waals surface area contributed by atoms with Crippen molar-refractivity contribution in [3.63, 3.8) is 0 Å². The molecule has 0 spiro atoms. The summed E-state index contributed by atoms with van der Waals surface area (Å²) in [4.78, 5) is 30.4. The zero-order valence-electron chi connectivity index (χ0n) is 16.6. The van der Waals surface area contributed by atoms with Crippen LogP contribution in [0, 0.1) is 0 Å². The van der Waals surface area contributed by atoms with Crippen molar-refractivity contribution >= 4 is 35.4 Å². The Hall–Kier alpha value is -3.78. The topological polar surface area (TPSA) is 80.8 Å². The molecule has 2 heterocycles. The lowest BCUT2D eigenvalue weighted by Crippen LogP contribution is -2.28. The zero-order valence-corrected chi connectivity index (χ0v) is 17.5. The summed E-state index contributed by atoms with van der Waals surface area (Å²) < 4.78 is 12.8. The number of hydrogen-bond acceptors (Lipinski definition) is 7. The molecule has 0 atom stereocenters. The molecule has 7 nitrogen and oxygen atoms in total. The number of benzene rings is 2. The molecule has 3 aromatic rings. The van der Waals surface area contributed by atoms with Crippen molar-refractivity contribution < 1.29 is 19.1 Å². The summed E-state index contributed by atoms with van der Waals surface area (Å²) in [7, 11) is 1.77. The minimum absolute atomic E-state index is 0.296. The van der Waals surface area contributed by atoms with Crippen LogP contribution < -0.4 is 5.32 Å². The summed E-state index contributed by atoms with van der Waals surface area (Å²) in [6, 6.07) is 21.5. The van der Waals surface area contributed by atoms with Gasteiger partial charge in [-0.25, -0.2) is 9.78 Å². The Morgan fingerprint density at radius 3 is 2.52 bits per heavy atom. The molecular weight excluding hydrogens is 414 g/mol. The predicted molar refractivity (Wildman–Crippen MR) is 118 cm³/mol.